The maximum absolute atomic E-state index is 11.7. The molecule has 1 unspecified atom stereocenters. The van der Waals surface area contributed by atoms with Crippen LogP contribution >= 0.6 is 15.9 Å². The SMILES string of the molecule is CCC(Br)C(=O)Nc1ccc2c(c1)OC(C)(C)O2. The van der Waals surface area contributed by atoms with Crippen LogP contribution in [-0.4, -0.2) is 16.5 Å². The summed E-state index contributed by atoms with van der Waals surface area (Å²) in [7, 11) is 0. The van der Waals surface area contributed by atoms with Crippen LogP contribution in [0.15, 0.2) is 18.2 Å². The van der Waals surface area contributed by atoms with Gasteiger partial charge in [-0.25, -0.2) is 0 Å². The highest BCUT2D eigenvalue weighted by molar-refractivity contribution is 9.10. The van der Waals surface area contributed by atoms with Gasteiger partial charge in [-0.2, -0.15) is 0 Å². The predicted octanol–water partition coefficient (Wildman–Crippen LogP) is 3.31. The van der Waals surface area contributed by atoms with Crippen molar-refractivity contribution in [2.45, 2.75) is 37.8 Å². The average Bonchev–Trinajstić information content (AvgIpc) is 2.61. The van der Waals surface area contributed by atoms with Gasteiger partial charge in [0, 0.05) is 25.6 Å². The van der Waals surface area contributed by atoms with E-state index in [0.29, 0.717) is 17.2 Å². The summed E-state index contributed by atoms with van der Waals surface area (Å²) in [5.41, 5.74) is 0.706. The van der Waals surface area contributed by atoms with Crippen LogP contribution in [0.1, 0.15) is 27.2 Å². The molecule has 4 nitrogen and oxygen atoms in total. The second-order valence-corrected chi connectivity index (χ2v) is 5.74. The lowest BCUT2D eigenvalue weighted by Gasteiger charge is -2.16. The normalized spacial score (nSPS) is 17.3. The van der Waals surface area contributed by atoms with E-state index < -0.39 is 5.79 Å². The molecule has 1 atom stereocenters. The zero-order valence-corrected chi connectivity index (χ0v) is 12.2. The monoisotopic (exact) mass is 313 g/mol. The van der Waals surface area contributed by atoms with Crippen molar-refractivity contribution >= 4 is 27.5 Å². The molecule has 98 valence electrons. The van der Waals surface area contributed by atoms with Crippen LogP contribution in [0.4, 0.5) is 5.69 Å². The number of amides is 1. The topological polar surface area (TPSA) is 47.6 Å². The van der Waals surface area contributed by atoms with Crippen molar-refractivity contribution in [3.63, 3.8) is 0 Å². The van der Waals surface area contributed by atoms with Crippen molar-refractivity contribution in [3.8, 4) is 11.5 Å². The summed E-state index contributed by atoms with van der Waals surface area (Å²) in [4.78, 5) is 11.6. The lowest BCUT2D eigenvalue weighted by atomic mass is 10.2. The first kappa shape index (κ1) is 13.2. The molecule has 1 amide bonds. The maximum atomic E-state index is 11.7. The number of rotatable bonds is 3. The summed E-state index contributed by atoms with van der Waals surface area (Å²) < 4.78 is 11.2. The van der Waals surface area contributed by atoms with Crippen molar-refractivity contribution in [3.05, 3.63) is 18.2 Å². The molecule has 0 spiro atoms. The Balaban J connectivity index is 2.12. The molecule has 18 heavy (non-hydrogen) atoms. The molecule has 0 fully saturated rings. The van der Waals surface area contributed by atoms with Crippen LogP contribution in [0, 0.1) is 0 Å². The number of benzene rings is 1. The number of nitrogens with one attached hydrogen (secondary N) is 1. The second-order valence-electron chi connectivity index (χ2n) is 4.63. The molecule has 0 aliphatic carbocycles. The van der Waals surface area contributed by atoms with E-state index in [1.165, 1.54) is 0 Å². The first-order chi connectivity index (χ1) is 8.41. The molecule has 1 aliphatic heterocycles. The third-order valence-electron chi connectivity index (χ3n) is 2.57. The van der Waals surface area contributed by atoms with Crippen LogP contribution in [-0.2, 0) is 4.79 Å². The van der Waals surface area contributed by atoms with Gasteiger partial charge in [0.15, 0.2) is 11.5 Å². The molecule has 1 aromatic rings. The molecule has 1 N–H and O–H groups in total. The molecule has 1 aliphatic rings. The summed E-state index contributed by atoms with van der Waals surface area (Å²) in [6, 6.07) is 5.38. The standard InChI is InChI=1S/C13H16BrNO3/c1-4-9(14)12(16)15-8-5-6-10-11(7-8)18-13(2,3)17-10/h5-7,9H,4H2,1-3H3,(H,15,16). The third kappa shape index (κ3) is 2.77. The van der Waals surface area contributed by atoms with Gasteiger partial charge in [0.1, 0.15) is 0 Å². The van der Waals surface area contributed by atoms with E-state index in [9.17, 15) is 4.79 Å². The number of alkyl halides is 1. The van der Waals surface area contributed by atoms with Gasteiger partial charge in [-0.05, 0) is 18.6 Å². The molecule has 5 heteroatoms. The molecule has 0 aromatic heterocycles. The fourth-order valence-electron chi connectivity index (χ4n) is 1.71. The fraction of sp³-hybridized carbons (Fsp3) is 0.462. The van der Waals surface area contributed by atoms with E-state index in [1.807, 2.05) is 20.8 Å². The van der Waals surface area contributed by atoms with E-state index in [0.717, 1.165) is 6.42 Å². The first-order valence-corrected chi connectivity index (χ1v) is 6.80. The smallest absolute Gasteiger partial charge is 0.246 e. The van der Waals surface area contributed by atoms with Gasteiger partial charge in [-0.15, -0.1) is 0 Å². The Morgan fingerprint density at radius 2 is 2.06 bits per heavy atom. The summed E-state index contributed by atoms with van der Waals surface area (Å²) in [6.45, 7) is 5.63. The summed E-state index contributed by atoms with van der Waals surface area (Å²) in [6.07, 6.45) is 0.740. The third-order valence-corrected chi connectivity index (χ3v) is 3.63. The van der Waals surface area contributed by atoms with Gasteiger partial charge in [0.2, 0.25) is 11.7 Å². The molecular formula is C13H16BrNO3. The lowest BCUT2D eigenvalue weighted by Crippen LogP contribution is -2.29. The Morgan fingerprint density at radius 3 is 2.72 bits per heavy atom. The minimum Gasteiger partial charge on any atom is -0.449 e. The number of carbonyl (C=O) groups is 1. The number of hydrogen-bond donors (Lipinski definition) is 1. The Morgan fingerprint density at radius 1 is 1.39 bits per heavy atom. The van der Waals surface area contributed by atoms with Crippen LogP contribution in [0.2, 0.25) is 0 Å². The van der Waals surface area contributed by atoms with Crippen LogP contribution in [0.5, 0.6) is 11.5 Å². The van der Waals surface area contributed by atoms with Gasteiger partial charge in [0.25, 0.3) is 0 Å². The number of halogens is 1. The Kier molecular flexibility index (Phi) is 3.52. The predicted molar refractivity (Wildman–Crippen MR) is 73.4 cm³/mol. The Hall–Kier alpha value is -1.23. The van der Waals surface area contributed by atoms with Gasteiger partial charge in [0.05, 0.1) is 4.83 Å². The molecule has 2 rings (SSSR count). The van der Waals surface area contributed by atoms with Crippen molar-refractivity contribution in [1.29, 1.82) is 0 Å². The molecule has 0 bridgehead atoms. The van der Waals surface area contributed by atoms with Crippen LogP contribution in [0.3, 0.4) is 0 Å². The summed E-state index contributed by atoms with van der Waals surface area (Å²) in [5, 5.41) is 2.83. The molecule has 0 saturated carbocycles. The van der Waals surface area contributed by atoms with E-state index in [4.69, 9.17) is 9.47 Å². The summed E-state index contributed by atoms with van der Waals surface area (Å²) >= 11 is 3.31. The van der Waals surface area contributed by atoms with Gasteiger partial charge < -0.3 is 14.8 Å². The number of fused-ring (bicyclic) bond motifs is 1. The van der Waals surface area contributed by atoms with Crippen molar-refractivity contribution < 1.29 is 14.3 Å². The summed E-state index contributed by atoms with van der Waals surface area (Å²) in [5.74, 6) is 0.645. The highest BCUT2D eigenvalue weighted by atomic mass is 79.9. The van der Waals surface area contributed by atoms with Crippen molar-refractivity contribution in [1.82, 2.24) is 0 Å². The minimum absolute atomic E-state index is 0.0596. The molecule has 0 saturated heterocycles. The molecule has 0 radical (unpaired) electrons. The maximum Gasteiger partial charge on any atom is 0.246 e. The molecule has 1 heterocycles. The average molecular weight is 314 g/mol. The van der Waals surface area contributed by atoms with Gasteiger partial charge in [-0.1, -0.05) is 22.9 Å². The number of hydrogen-bond acceptors (Lipinski definition) is 3. The highest BCUT2D eigenvalue weighted by Gasteiger charge is 2.31. The van der Waals surface area contributed by atoms with E-state index in [-0.39, 0.29) is 10.7 Å². The Bertz CT molecular complexity index is 473. The second kappa shape index (κ2) is 4.80. The van der Waals surface area contributed by atoms with E-state index in [2.05, 4.69) is 21.2 Å². The quantitative estimate of drug-likeness (QED) is 0.871. The largest absolute Gasteiger partial charge is 0.449 e. The zero-order valence-electron chi connectivity index (χ0n) is 10.6. The van der Waals surface area contributed by atoms with Gasteiger partial charge in [-0.3, -0.25) is 4.79 Å². The van der Waals surface area contributed by atoms with E-state index >= 15 is 0 Å². The van der Waals surface area contributed by atoms with Crippen molar-refractivity contribution in [2.75, 3.05) is 5.32 Å². The number of carbonyl (C=O) groups excluding carboxylic acids is 1. The number of ether oxygens (including phenoxy) is 2. The van der Waals surface area contributed by atoms with Crippen LogP contribution < -0.4 is 14.8 Å². The number of anilines is 1. The molecule has 1 aromatic carbocycles. The molecular weight excluding hydrogens is 298 g/mol. The highest BCUT2D eigenvalue weighted by Crippen LogP contribution is 2.40. The minimum atomic E-state index is -0.646. The fourth-order valence-corrected chi connectivity index (χ4v) is 1.82. The van der Waals surface area contributed by atoms with Gasteiger partial charge >= 0.3 is 0 Å². The zero-order chi connectivity index (χ0) is 13.3. The lowest BCUT2D eigenvalue weighted by molar-refractivity contribution is -0.115. The van der Waals surface area contributed by atoms with E-state index in [1.54, 1.807) is 18.2 Å². The Labute approximate surface area is 115 Å². The van der Waals surface area contributed by atoms with Crippen LogP contribution in [0.25, 0.3) is 0 Å². The first-order valence-electron chi connectivity index (χ1n) is 5.88. The van der Waals surface area contributed by atoms with Crippen molar-refractivity contribution in [2.24, 2.45) is 0 Å².